The minimum Gasteiger partial charge on any atom is -0.423 e. The van der Waals surface area contributed by atoms with Crippen molar-refractivity contribution in [3.05, 3.63) is 12.4 Å². The Hall–Kier alpha value is -0.985. The zero-order valence-corrected chi connectivity index (χ0v) is 10.8. The highest BCUT2D eigenvalue weighted by molar-refractivity contribution is 6.59. The first-order valence-electron chi connectivity index (χ1n) is 5.45. The predicted molar refractivity (Wildman–Crippen MR) is 62.5 cm³/mol. The van der Waals surface area contributed by atoms with Gasteiger partial charge in [0.2, 0.25) is 0 Å². The largest absolute Gasteiger partial charge is 0.494 e. The number of alkyl halides is 2. The van der Waals surface area contributed by atoms with Gasteiger partial charge in [-0.05, 0) is 27.7 Å². The van der Waals surface area contributed by atoms with Crippen LogP contribution in [0.2, 0.25) is 0 Å². The second-order valence-corrected chi connectivity index (χ2v) is 5.07. The number of halogens is 2. The quantitative estimate of drug-likeness (QED) is 0.759. The third-order valence-corrected chi connectivity index (χ3v) is 2.99. The summed E-state index contributed by atoms with van der Waals surface area (Å²) in [5.74, 6) is 0. The topological polar surface area (TPSA) is 67.5 Å². The van der Waals surface area contributed by atoms with Crippen molar-refractivity contribution in [2.45, 2.75) is 45.4 Å². The fraction of sp³-hybridized carbons (Fsp3) is 0.700. The summed E-state index contributed by atoms with van der Waals surface area (Å²) in [7, 11) is -1.43. The Balaban J connectivity index is 2.79. The molecule has 0 atom stereocenters. The molecule has 1 aromatic rings. The molecule has 0 radical (unpaired) electrons. The van der Waals surface area contributed by atoms with Gasteiger partial charge in [0, 0.05) is 17.9 Å². The molecule has 0 aromatic carbocycles. The van der Waals surface area contributed by atoms with Crippen LogP contribution in [-0.2, 0) is 4.65 Å². The molecule has 0 fully saturated rings. The monoisotopic (exact) mass is 262 g/mol. The summed E-state index contributed by atoms with van der Waals surface area (Å²) < 4.78 is 30.3. The summed E-state index contributed by atoms with van der Waals surface area (Å²) in [5.41, 5.74) is -2.15. The maximum atomic E-state index is 12.3. The average Bonchev–Trinajstić information content (AvgIpc) is 2.63. The molecule has 0 saturated carbocycles. The summed E-state index contributed by atoms with van der Waals surface area (Å²) >= 11 is 0. The van der Waals surface area contributed by atoms with Gasteiger partial charge >= 0.3 is 13.7 Å². The van der Waals surface area contributed by atoms with Gasteiger partial charge < -0.3 is 14.8 Å². The Morgan fingerprint density at radius 3 is 2.33 bits per heavy atom. The molecular formula is C10H17BF2N2O3. The first kappa shape index (κ1) is 15.1. The molecule has 2 N–H and O–H groups in total. The van der Waals surface area contributed by atoms with Gasteiger partial charge in [0.1, 0.15) is 0 Å². The molecule has 0 bridgehead atoms. The highest BCUT2D eigenvalue weighted by Gasteiger charge is 2.39. The lowest BCUT2D eigenvalue weighted by Crippen LogP contribution is -2.53. The number of hydrogen-bond donors (Lipinski definition) is 2. The molecule has 0 unspecified atom stereocenters. The van der Waals surface area contributed by atoms with Crippen LogP contribution < -0.4 is 5.46 Å². The summed E-state index contributed by atoms with van der Waals surface area (Å²) in [6.07, 6.45) is 2.09. The smallest absolute Gasteiger partial charge is 0.423 e. The van der Waals surface area contributed by atoms with Crippen molar-refractivity contribution in [2.75, 3.05) is 0 Å². The number of hydrogen-bond acceptors (Lipinski definition) is 4. The van der Waals surface area contributed by atoms with Crippen molar-refractivity contribution in [3.63, 3.8) is 0 Å². The van der Waals surface area contributed by atoms with Gasteiger partial charge in [-0.1, -0.05) is 0 Å². The first-order chi connectivity index (χ1) is 8.04. The molecule has 1 rings (SSSR count). The molecule has 0 aliphatic heterocycles. The van der Waals surface area contributed by atoms with Crippen LogP contribution in [0.3, 0.4) is 0 Å². The van der Waals surface area contributed by atoms with E-state index in [-0.39, 0.29) is 5.46 Å². The summed E-state index contributed by atoms with van der Waals surface area (Å²) in [5, 5.41) is 23.0. The third-order valence-electron chi connectivity index (χ3n) is 2.99. The van der Waals surface area contributed by atoms with Crippen LogP contribution in [0.15, 0.2) is 12.4 Å². The molecule has 5 nitrogen and oxygen atoms in total. The maximum absolute atomic E-state index is 12.3. The molecule has 0 spiro atoms. The van der Waals surface area contributed by atoms with Crippen molar-refractivity contribution in [3.8, 4) is 0 Å². The van der Waals surface area contributed by atoms with Crippen LogP contribution in [0.4, 0.5) is 8.78 Å². The summed E-state index contributed by atoms with van der Waals surface area (Å²) in [6.45, 7) is 3.47. The Morgan fingerprint density at radius 1 is 1.39 bits per heavy atom. The Labute approximate surface area is 105 Å². The lowest BCUT2D eigenvalue weighted by Gasteiger charge is -2.38. The highest BCUT2D eigenvalue weighted by Crippen LogP contribution is 2.25. The highest BCUT2D eigenvalue weighted by atomic mass is 19.3. The van der Waals surface area contributed by atoms with Crippen LogP contribution >= 0.6 is 0 Å². The molecule has 1 aromatic heterocycles. The van der Waals surface area contributed by atoms with Gasteiger partial charge in [-0.15, -0.1) is 0 Å². The second-order valence-electron chi connectivity index (χ2n) is 5.07. The summed E-state index contributed by atoms with van der Waals surface area (Å²) in [4.78, 5) is 0. The van der Waals surface area contributed by atoms with Gasteiger partial charge in [-0.25, -0.2) is 4.68 Å². The van der Waals surface area contributed by atoms with Gasteiger partial charge in [0.15, 0.2) is 0 Å². The molecule has 1 heterocycles. The zero-order valence-electron chi connectivity index (χ0n) is 10.8. The minimum absolute atomic E-state index is 0.104. The standard InChI is InChI=1S/C10H17BF2N2O3/c1-9(2,16)10(3,4)18-11(17)7-5-14-15(6-7)8(12)13/h5-6,8,16-17H,1-4H3. The second kappa shape index (κ2) is 4.95. The average molecular weight is 262 g/mol. The Morgan fingerprint density at radius 2 is 1.94 bits per heavy atom. The molecule has 102 valence electrons. The van der Waals surface area contributed by atoms with Crippen molar-refractivity contribution < 1.29 is 23.6 Å². The Kier molecular flexibility index (Phi) is 4.14. The van der Waals surface area contributed by atoms with Crippen LogP contribution in [0.25, 0.3) is 0 Å². The number of aromatic nitrogens is 2. The van der Waals surface area contributed by atoms with Gasteiger partial charge in [0.25, 0.3) is 0 Å². The van der Waals surface area contributed by atoms with E-state index in [1.807, 2.05) is 0 Å². The van der Waals surface area contributed by atoms with E-state index < -0.39 is 24.9 Å². The van der Waals surface area contributed by atoms with E-state index in [1.165, 1.54) is 13.8 Å². The van der Waals surface area contributed by atoms with Crippen molar-refractivity contribution >= 4 is 12.6 Å². The number of rotatable bonds is 5. The van der Waals surface area contributed by atoms with Crippen LogP contribution in [0.1, 0.15) is 34.2 Å². The first-order valence-corrected chi connectivity index (χ1v) is 5.45. The molecule has 8 heteroatoms. The van der Waals surface area contributed by atoms with Crippen LogP contribution in [0.5, 0.6) is 0 Å². The van der Waals surface area contributed by atoms with Crippen molar-refractivity contribution in [2.24, 2.45) is 0 Å². The van der Waals surface area contributed by atoms with E-state index in [9.17, 15) is 18.9 Å². The van der Waals surface area contributed by atoms with Crippen molar-refractivity contribution in [1.82, 2.24) is 9.78 Å². The lowest BCUT2D eigenvalue weighted by atomic mass is 9.78. The molecule has 0 amide bonds. The third kappa shape index (κ3) is 3.27. The molecular weight excluding hydrogens is 245 g/mol. The normalized spacial score (nSPS) is 13.2. The predicted octanol–water partition coefficient (Wildman–Crippen LogP) is 0.532. The molecule has 0 aliphatic rings. The van der Waals surface area contributed by atoms with E-state index in [0.29, 0.717) is 4.68 Å². The van der Waals surface area contributed by atoms with E-state index in [4.69, 9.17) is 4.65 Å². The lowest BCUT2D eigenvalue weighted by molar-refractivity contribution is -0.0982. The zero-order chi connectivity index (χ0) is 14.1. The van der Waals surface area contributed by atoms with Gasteiger partial charge in [0.05, 0.1) is 11.2 Å². The van der Waals surface area contributed by atoms with Crippen molar-refractivity contribution in [1.29, 1.82) is 0 Å². The van der Waals surface area contributed by atoms with E-state index >= 15 is 0 Å². The van der Waals surface area contributed by atoms with Gasteiger partial charge in [-0.3, -0.25) is 0 Å². The van der Waals surface area contributed by atoms with E-state index in [2.05, 4.69) is 5.10 Å². The van der Waals surface area contributed by atoms with E-state index in [0.717, 1.165) is 12.4 Å². The minimum atomic E-state index is -2.77. The van der Waals surface area contributed by atoms with Crippen LogP contribution in [-0.4, -0.2) is 38.2 Å². The fourth-order valence-corrected chi connectivity index (χ4v) is 1.08. The molecule has 0 saturated heterocycles. The summed E-state index contributed by atoms with van der Waals surface area (Å²) in [6, 6.07) is 0. The SMILES string of the molecule is CC(C)(O)C(C)(C)OB(O)c1cnn(C(F)F)c1. The number of nitrogens with zero attached hydrogens (tertiary/aromatic N) is 2. The number of aliphatic hydroxyl groups is 1. The fourth-order valence-electron chi connectivity index (χ4n) is 1.08. The molecule has 18 heavy (non-hydrogen) atoms. The van der Waals surface area contributed by atoms with E-state index in [1.54, 1.807) is 13.8 Å². The van der Waals surface area contributed by atoms with Gasteiger partial charge in [-0.2, -0.15) is 13.9 Å². The molecule has 0 aliphatic carbocycles. The Bertz CT molecular complexity index is 404. The maximum Gasteiger partial charge on any atom is 0.494 e. The van der Waals surface area contributed by atoms with Crippen LogP contribution in [0, 0.1) is 0 Å².